The summed E-state index contributed by atoms with van der Waals surface area (Å²) in [5, 5.41) is 4.71. The number of halogens is 2. The third-order valence-corrected chi connectivity index (χ3v) is 6.77. The van der Waals surface area contributed by atoms with E-state index in [0.717, 1.165) is 55.1 Å². The summed E-state index contributed by atoms with van der Waals surface area (Å²) in [5.74, 6) is 2.07. The number of nitrogens with zero attached hydrogens (tertiary/aromatic N) is 4. The van der Waals surface area contributed by atoms with Gasteiger partial charge >= 0.3 is 0 Å². The standard InChI is InChI=1S/C29H33N5.2ClH/c1-33(2)28-25-15-9-10-16-27(25)31-29(32-28)30-24-17-19-34(20-18-24)21-26(22-11-5-3-6-12-22)23-13-7-4-8-14-23;;/h3-16,24,26H,17-21H2,1-2H3,(H,30,31,32);2*1H. The summed E-state index contributed by atoms with van der Waals surface area (Å²) in [6.45, 7) is 3.18. The Morgan fingerprint density at radius 1 is 0.806 bits per heavy atom. The molecular weight excluding hydrogens is 489 g/mol. The lowest BCUT2D eigenvalue weighted by atomic mass is 9.90. The molecule has 3 aromatic carbocycles. The van der Waals surface area contributed by atoms with Crippen molar-refractivity contribution >= 4 is 47.5 Å². The van der Waals surface area contributed by atoms with Crippen LogP contribution in [0.5, 0.6) is 0 Å². The Morgan fingerprint density at radius 3 is 1.94 bits per heavy atom. The second-order valence-electron chi connectivity index (χ2n) is 9.38. The molecule has 0 spiro atoms. The molecule has 1 aromatic heterocycles. The summed E-state index contributed by atoms with van der Waals surface area (Å²) < 4.78 is 0. The molecule has 2 heterocycles. The SMILES string of the molecule is CN(C)c1nc(NC2CCN(CC(c3ccccc3)c3ccccc3)CC2)nc2ccccc12.Cl.Cl. The normalized spacial score (nSPS) is 14.2. The van der Waals surface area contributed by atoms with Gasteiger partial charge in [0, 0.05) is 51.1 Å². The first-order valence-corrected chi connectivity index (χ1v) is 12.2. The first kappa shape index (κ1) is 27.7. The van der Waals surface area contributed by atoms with Crippen LogP contribution in [0, 0.1) is 0 Å². The summed E-state index contributed by atoms with van der Waals surface area (Å²) in [6.07, 6.45) is 2.17. The zero-order chi connectivity index (χ0) is 23.3. The van der Waals surface area contributed by atoms with Crippen molar-refractivity contribution in [3.05, 3.63) is 96.1 Å². The summed E-state index contributed by atoms with van der Waals surface area (Å²) in [7, 11) is 4.07. The van der Waals surface area contributed by atoms with Crippen LogP contribution in [0.2, 0.25) is 0 Å². The number of para-hydroxylation sites is 1. The topological polar surface area (TPSA) is 44.3 Å². The van der Waals surface area contributed by atoms with Crippen molar-refractivity contribution in [2.45, 2.75) is 24.8 Å². The Kier molecular flexibility index (Phi) is 9.94. The maximum Gasteiger partial charge on any atom is 0.225 e. The maximum absolute atomic E-state index is 4.83. The molecular formula is C29H35Cl2N5. The molecule has 1 fully saturated rings. The van der Waals surface area contributed by atoms with Crippen LogP contribution in [0.3, 0.4) is 0 Å². The number of hydrogen-bond donors (Lipinski definition) is 1. The number of benzene rings is 3. The molecule has 1 aliphatic rings. The van der Waals surface area contributed by atoms with Crippen LogP contribution < -0.4 is 10.2 Å². The average molecular weight is 525 g/mol. The van der Waals surface area contributed by atoms with E-state index in [0.29, 0.717) is 12.0 Å². The minimum atomic E-state index is 0. The van der Waals surface area contributed by atoms with Gasteiger partial charge in [-0.2, -0.15) is 4.98 Å². The summed E-state index contributed by atoms with van der Waals surface area (Å²) in [6, 6.07) is 30.4. The molecule has 0 unspecified atom stereocenters. The Bertz CT molecular complexity index is 1170. The molecule has 5 nitrogen and oxygen atoms in total. The number of hydrogen-bond acceptors (Lipinski definition) is 5. The van der Waals surface area contributed by atoms with Gasteiger partial charge < -0.3 is 15.1 Å². The highest BCUT2D eigenvalue weighted by Crippen LogP contribution is 2.28. The van der Waals surface area contributed by atoms with Crippen LogP contribution in [0.15, 0.2) is 84.9 Å². The van der Waals surface area contributed by atoms with Crippen molar-refractivity contribution in [1.82, 2.24) is 14.9 Å². The fourth-order valence-corrected chi connectivity index (χ4v) is 4.94. The van der Waals surface area contributed by atoms with Gasteiger partial charge in [0.05, 0.1) is 5.52 Å². The van der Waals surface area contributed by atoms with Crippen molar-refractivity contribution in [2.75, 3.05) is 43.9 Å². The number of piperidine rings is 1. The Labute approximate surface area is 226 Å². The second-order valence-corrected chi connectivity index (χ2v) is 9.38. The van der Waals surface area contributed by atoms with Crippen molar-refractivity contribution < 1.29 is 0 Å². The highest BCUT2D eigenvalue weighted by atomic mass is 35.5. The number of likely N-dealkylation sites (tertiary alicyclic amines) is 1. The van der Waals surface area contributed by atoms with Gasteiger partial charge in [-0.1, -0.05) is 72.8 Å². The molecule has 0 aliphatic carbocycles. The predicted octanol–water partition coefficient (Wildman–Crippen LogP) is 6.25. The van der Waals surface area contributed by atoms with E-state index in [-0.39, 0.29) is 24.8 Å². The van der Waals surface area contributed by atoms with Crippen molar-refractivity contribution in [3.8, 4) is 0 Å². The van der Waals surface area contributed by atoms with E-state index in [1.165, 1.54) is 11.1 Å². The molecule has 190 valence electrons. The zero-order valence-electron chi connectivity index (χ0n) is 20.9. The molecule has 1 N–H and O–H groups in total. The van der Waals surface area contributed by atoms with E-state index in [1.807, 2.05) is 26.2 Å². The lowest BCUT2D eigenvalue weighted by Gasteiger charge is -2.35. The molecule has 0 radical (unpaired) electrons. The number of nitrogens with one attached hydrogen (secondary N) is 1. The van der Waals surface area contributed by atoms with E-state index in [2.05, 4.69) is 87.9 Å². The second kappa shape index (κ2) is 12.9. The van der Waals surface area contributed by atoms with Crippen LogP contribution in [-0.4, -0.2) is 54.6 Å². The molecule has 5 rings (SSSR count). The molecule has 1 saturated heterocycles. The van der Waals surface area contributed by atoms with Gasteiger partial charge in [-0.15, -0.1) is 24.8 Å². The largest absolute Gasteiger partial charge is 0.362 e. The highest BCUT2D eigenvalue weighted by Gasteiger charge is 2.24. The van der Waals surface area contributed by atoms with E-state index < -0.39 is 0 Å². The molecule has 0 bridgehead atoms. The lowest BCUT2D eigenvalue weighted by Crippen LogP contribution is -2.41. The van der Waals surface area contributed by atoms with Gasteiger partial charge in [0.25, 0.3) is 0 Å². The van der Waals surface area contributed by atoms with Gasteiger partial charge in [0.15, 0.2) is 0 Å². The number of anilines is 2. The molecule has 0 atom stereocenters. The van der Waals surface area contributed by atoms with Crippen LogP contribution >= 0.6 is 24.8 Å². The summed E-state index contributed by atoms with van der Waals surface area (Å²) >= 11 is 0. The first-order chi connectivity index (χ1) is 16.7. The Balaban J connectivity index is 0.00000180. The molecule has 0 saturated carbocycles. The van der Waals surface area contributed by atoms with Crippen LogP contribution in [0.25, 0.3) is 10.9 Å². The monoisotopic (exact) mass is 523 g/mol. The Morgan fingerprint density at radius 2 is 1.36 bits per heavy atom. The quantitative estimate of drug-likeness (QED) is 0.310. The summed E-state index contributed by atoms with van der Waals surface area (Å²) in [5.41, 5.74) is 3.75. The third kappa shape index (κ3) is 6.47. The van der Waals surface area contributed by atoms with Crippen molar-refractivity contribution in [3.63, 3.8) is 0 Å². The van der Waals surface area contributed by atoms with Crippen LogP contribution in [0.1, 0.15) is 29.9 Å². The number of fused-ring (bicyclic) bond motifs is 1. The molecule has 1 aliphatic heterocycles. The molecule has 4 aromatic rings. The summed E-state index contributed by atoms with van der Waals surface area (Å²) in [4.78, 5) is 14.3. The lowest BCUT2D eigenvalue weighted by molar-refractivity contribution is 0.213. The molecule has 36 heavy (non-hydrogen) atoms. The average Bonchev–Trinajstić information content (AvgIpc) is 2.88. The molecule has 0 amide bonds. The molecule has 7 heteroatoms. The van der Waals surface area contributed by atoms with Crippen molar-refractivity contribution in [1.29, 1.82) is 0 Å². The van der Waals surface area contributed by atoms with Crippen molar-refractivity contribution in [2.24, 2.45) is 0 Å². The first-order valence-electron chi connectivity index (χ1n) is 12.2. The number of aromatic nitrogens is 2. The van der Waals surface area contributed by atoms with Gasteiger partial charge in [-0.3, -0.25) is 0 Å². The van der Waals surface area contributed by atoms with E-state index in [1.54, 1.807) is 0 Å². The van der Waals surface area contributed by atoms with E-state index in [9.17, 15) is 0 Å². The smallest absolute Gasteiger partial charge is 0.225 e. The van der Waals surface area contributed by atoms with Gasteiger partial charge in [-0.25, -0.2) is 4.98 Å². The van der Waals surface area contributed by atoms with E-state index >= 15 is 0 Å². The third-order valence-electron chi connectivity index (χ3n) is 6.77. The minimum absolute atomic E-state index is 0. The maximum atomic E-state index is 4.83. The van der Waals surface area contributed by atoms with Gasteiger partial charge in [-0.05, 0) is 36.1 Å². The minimum Gasteiger partial charge on any atom is -0.362 e. The number of rotatable bonds is 7. The fraction of sp³-hybridized carbons (Fsp3) is 0.310. The van der Waals surface area contributed by atoms with Gasteiger partial charge in [0.1, 0.15) is 5.82 Å². The zero-order valence-corrected chi connectivity index (χ0v) is 22.5. The fourth-order valence-electron chi connectivity index (χ4n) is 4.94. The Hall–Kier alpha value is -2.86. The van der Waals surface area contributed by atoms with Crippen LogP contribution in [0.4, 0.5) is 11.8 Å². The van der Waals surface area contributed by atoms with E-state index in [4.69, 9.17) is 9.97 Å². The van der Waals surface area contributed by atoms with Crippen LogP contribution in [-0.2, 0) is 0 Å². The highest BCUT2D eigenvalue weighted by molar-refractivity contribution is 5.90. The van der Waals surface area contributed by atoms with Gasteiger partial charge in [0.2, 0.25) is 5.95 Å². The predicted molar refractivity (Wildman–Crippen MR) is 156 cm³/mol.